The Balaban J connectivity index is 1.51. The number of aryl methyl sites for hydroxylation is 1. The molecule has 5 heteroatoms. The molecule has 2 saturated heterocycles. The quantitative estimate of drug-likeness (QED) is 0.904. The van der Waals surface area contributed by atoms with Crippen molar-refractivity contribution in [2.24, 2.45) is 0 Å². The van der Waals surface area contributed by atoms with Crippen molar-refractivity contribution in [1.29, 1.82) is 0 Å². The predicted octanol–water partition coefficient (Wildman–Crippen LogP) is 1.07. The van der Waals surface area contributed by atoms with Gasteiger partial charge in [0.15, 0.2) is 0 Å². The predicted molar refractivity (Wildman–Crippen MR) is 84.4 cm³/mol. The third-order valence-electron chi connectivity index (χ3n) is 4.82. The molecule has 22 heavy (non-hydrogen) atoms. The summed E-state index contributed by atoms with van der Waals surface area (Å²) in [5.41, 5.74) is 1.09. The first kappa shape index (κ1) is 15.4. The third kappa shape index (κ3) is 3.65. The second-order valence-electron chi connectivity index (χ2n) is 6.39. The summed E-state index contributed by atoms with van der Waals surface area (Å²) in [4.78, 5) is 20.6. The highest BCUT2D eigenvalue weighted by molar-refractivity contribution is 5.77. The van der Waals surface area contributed by atoms with Crippen molar-refractivity contribution in [3.05, 3.63) is 30.1 Å². The van der Waals surface area contributed by atoms with Crippen molar-refractivity contribution in [2.75, 3.05) is 26.2 Å². The average Bonchev–Trinajstić information content (AvgIpc) is 2.96. The maximum atomic E-state index is 12.4. The topological polar surface area (TPSA) is 56.7 Å². The Hall–Kier alpha value is -1.46. The van der Waals surface area contributed by atoms with Crippen LogP contribution in [0.4, 0.5) is 0 Å². The van der Waals surface area contributed by atoms with Crippen LogP contribution in [0.25, 0.3) is 0 Å². The van der Waals surface area contributed by atoms with Gasteiger partial charge in [0.1, 0.15) is 0 Å². The molecule has 3 heterocycles. The molecule has 1 aromatic rings. The fourth-order valence-electron chi connectivity index (χ4n) is 3.54. The molecule has 0 spiro atoms. The first-order valence-electron chi connectivity index (χ1n) is 8.33. The van der Waals surface area contributed by atoms with E-state index in [0.717, 1.165) is 18.7 Å². The van der Waals surface area contributed by atoms with Gasteiger partial charge in [-0.05, 0) is 44.0 Å². The Morgan fingerprint density at radius 1 is 1.27 bits per heavy atom. The lowest BCUT2D eigenvalue weighted by atomic mass is 10.1. The van der Waals surface area contributed by atoms with Crippen LogP contribution in [0.5, 0.6) is 0 Å². The van der Waals surface area contributed by atoms with Gasteiger partial charge in [0.2, 0.25) is 5.91 Å². The van der Waals surface area contributed by atoms with E-state index in [4.69, 9.17) is 0 Å². The van der Waals surface area contributed by atoms with E-state index in [1.165, 1.54) is 19.3 Å². The number of carbonyl (C=O) groups excluding carboxylic acids is 1. The highest BCUT2D eigenvalue weighted by Gasteiger charge is 2.37. The van der Waals surface area contributed by atoms with E-state index in [0.29, 0.717) is 25.9 Å². The molecule has 0 aliphatic carbocycles. The first-order chi connectivity index (χ1) is 10.7. The number of aromatic nitrogens is 1. The number of carbonyl (C=O) groups is 1. The van der Waals surface area contributed by atoms with Crippen LogP contribution in [0, 0.1) is 0 Å². The van der Waals surface area contributed by atoms with E-state index in [9.17, 15) is 9.90 Å². The highest BCUT2D eigenvalue weighted by Crippen LogP contribution is 2.21. The van der Waals surface area contributed by atoms with Crippen molar-refractivity contribution in [2.45, 2.75) is 44.2 Å². The minimum atomic E-state index is -0.402. The van der Waals surface area contributed by atoms with E-state index < -0.39 is 6.10 Å². The Bertz CT molecular complexity index is 488. The summed E-state index contributed by atoms with van der Waals surface area (Å²) in [6, 6.07) is 4.02. The van der Waals surface area contributed by atoms with Gasteiger partial charge < -0.3 is 10.0 Å². The molecule has 1 N–H and O–H groups in total. The van der Waals surface area contributed by atoms with Gasteiger partial charge in [0.25, 0.3) is 0 Å². The van der Waals surface area contributed by atoms with Gasteiger partial charge in [-0.2, -0.15) is 0 Å². The zero-order valence-electron chi connectivity index (χ0n) is 13.0. The first-order valence-corrected chi connectivity index (χ1v) is 8.33. The lowest BCUT2D eigenvalue weighted by Crippen LogP contribution is -2.46. The van der Waals surface area contributed by atoms with E-state index in [1.807, 2.05) is 23.2 Å². The summed E-state index contributed by atoms with van der Waals surface area (Å²) in [5.74, 6) is 0.141. The normalized spacial score (nSPS) is 26.3. The van der Waals surface area contributed by atoms with E-state index in [-0.39, 0.29) is 11.9 Å². The van der Waals surface area contributed by atoms with Crippen molar-refractivity contribution >= 4 is 5.91 Å². The van der Waals surface area contributed by atoms with E-state index in [2.05, 4.69) is 9.88 Å². The number of amides is 1. The maximum absolute atomic E-state index is 12.4. The van der Waals surface area contributed by atoms with Gasteiger partial charge in [0, 0.05) is 31.9 Å². The van der Waals surface area contributed by atoms with Gasteiger partial charge in [-0.15, -0.1) is 0 Å². The number of aliphatic hydroxyl groups is 1. The zero-order valence-corrected chi connectivity index (χ0v) is 13.0. The average molecular weight is 303 g/mol. The van der Waals surface area contributed by atoms with Crippen LogP contribution in [0.3, 0.4) is 0 Å². The number of rotatable bonds is 4. The number of likely N-dealkylation sites (tertiary alicyclic amines) is 2. The van der Waals surface area contributed by atoms with Crippen molar-refractivity contribution < 1.29 is 9.90 Å². The number of piperidine rings is 1. The second kappa shape index (κ2) is 7.20. The molecule has 0 unspecified atom stereocenters. The lowest BCUT2D eigenvalue weighted by molar-refractivity contribution is -0.130. The summed E-state index contributed by atoms with van der Waals surface area (Å²) in [7, 11) is 0. The van der Waals surface area contributed by atoms with Gasteiger partial charge in [-0.1, -0.05) is 12.5 Å². The number of pyridine rings is 1. The maximum Gasteiger partial charge on any atom is 0.223 e. The van der Waals surface area contributed by atoms with Gasteiger partial charge in [0.05, 0.1) is 12.1 Å². The SMILES string of the molecule is O=C(CCc1cccnc1)N1C[C@H](O)[C@@H](N2CCCCC2)C1. The monoisotopic (exact) mass is 303 g/mol. The molecule has 0 aromatic carbocycles. The van der Waals surface area contributed by atoms with Crippen LogP contribution >= 0.6 is 0 Å². The third-order valence-corrected chi connectivity index (χ3v) is 4.82. The van der Waals surface area contributed by atoms with Crippen LogP contribution in [0.2, 0.25) is 0 Å². The molecule has 2 aliphatic rings. The molecule has 1 amide bonds. The van der Waals surface area contributed by atoms with Gasteiger partial charge in [-0.25, -0.2) is 0 Å². The molecule has 0 radical (unpaired) electrons. The van der Waals surface area contributed by atoms with Gasteiger partial charge in [-0.3, -0.25) is 14.7 Å². The molecule has 0 saturated carbocycles. The molecule has 120 valence electrons. The molecule has 2 atom stereocenters. The second-order valence-corrected chi connectivity index (χ2v) is 6.39. The largest absolute Gasteiger partial charge is 0.390 e. The molecule has 1 aromatic heterocycles. The summed E-state index contributed by atoms with van der Waals surface area (Å²) >= 11 is 0. The highest BCUT2D eigenvalue weighted by atomic mass is 16.3. The van der Waals surface area contributed by atoms with E-state index in [1.54, 1.807) is 6.20 Å². The molecule has 2 aliphatic heterocycles. The molecule has 0 bridgehead atoms. The Kier molecular flexibility index (Phi) is 5.05. The fourth-order valence-corrected chi connectivity index (χ4v) is 3.54. The number of aliphatic hydroxyl groups excluding tert-OH is 1. The van der Waals surface area contributed by atoms with E-state index >= 15 is 0 Å². The van der Waals surface area contributed by atoms with Crippen LogP contribution < -0.4 is 0 Å². The Morgan fingerprint density at radius 3 is 2.82 bits per heavy atom. The molecular weight excluding hydrogens is 278 g/mol. The summed E-state index contributed by atoms with van der Waals surface area (Å²) in [6.07, 6.45) is 8.05. The summed E-state index contributed by atoms with van der Waals surface area (Å²) in [5, 5.41) is 10.3. The van der Waals surface area contributed by atoms with Crippen LogP contribution in [-0.2, 0) is 11.2 Å². The van der Waals surface area contributed by atoms with Crippen LogP contribution in [0.15, 0.2) is 24.5 Å². The molecule has 3 rings (SSSR count). The number of β-amino-alcohol motifs (C(OH)–C–C–N with tert-alkyl or cyclic N) is 1. The molecular formula is C17H25N3O2. The van der Waals surface area contributed by atoms with Crippen LogP contribution in [0.1, 0.15) is 31.2 Å². The number of nitrogens with zero attached hydrogens (tertiary/aromatic N) is 3. The number of hydrogen-bond acceptors (Lipinski definition) is 4. The van der Waals surface area contributed by atoms with Gasteiger partial charge >= 0.3 is 0 Å². The lowest BCUT2D eigenvalue weighted by Gasteiger charge is -2.33. The number of hydrogen-bond donors (Lipinski definition) is 1. The molecule has 2 fully saturated rings. The van der Waals surface area contributed by atoms with Crippen molar-refractivity contribution in [3.8, 4) is 0 Å². The Morgan fingerprint density at radius 2 is 2.09 bits per heavy atom. The zero-order chi connectivity index (χ0) is 15.4. The van der Waals surface area contributed by atoms with Crippen LogP contribution in [-0.4, -0.2) is 64.1 Å². The summed E-state index contributed by atoms with van der Waals surface area (Å²) < 4.78 is 0. The van der Waals surface area contributed by atoms with Crippen molar-refractivity contribution in [1.82, 2.24) is 14.8 Å². The molecule has 5 nitrogen and oxygen atoms in total. The Labute approximate surface area is 131 Å². The fraction of sp³-hybridized carbons (Fsp3) is 0.647. The smallest absolute Gasteiger partial charge is 0.223 e. The standard InChI is InChI=1S/C17H25N3O2/c21-16-13-20(12-15(16)19-9-2-1-3-10-19)17(22)7-6-14-5-4-8-18-11-14/h4-5,8,11,15-16,21H,1-3,6-7,9-10,12-13H2/t15-,16-/m0/s1. The van der Waals surface area contributed by atoms with Crippen molar-refractivity contribution in [3.63, 3.8) is 0 Å². The summed E-state index contributed by atoms with van der Waals surface area (Å²) in [6.45, 7) is 3.26. The minimum Gasteiger partial charge on any atom is -0.390 e. The minimum absolute atomic E-state index is 0.127.